The van der Waals surface area contributed by atoms with Crippen molar-refractivity contribution in [2.45, 2.75) is 57.3 Å². The third-order valence-electron chi connectivity index (χ3n) is 11.0. The SMILES string of the molecule is COc1cc(C(=O)N2C[C@H]3CC[C@@H]2[C@@H]3N)cc2nc(-c3cc4cccnc4n3CC3CC3)n(C[C@@H]3CCN(c4ccnc(C#N)n4)C3)c12. The quantitative estimate of drug-likeness (QED) is 0.263. The fourth-order valence-corrected chi connectivity index (χ4v) is 8.37. The lowest BCUT2D eigenvalue weighted by atomic mass is 10.1. The van der Waals surface area contributed by atoms with E-state index in [1.165, 1.54) is 12.8 Å². The van der Waals surface area contributed by atoms with Crippen LogP contribution in [0.2, 0.25) is 0 Å². The van der Waals surface area contributed by atoms with Crippen LogP contribution in [0.15, 0.2) is 48.8 Å². The first-order chi connectivity index (χ1) is 23.5. The highest BCUT2D eigenvalue weighted by Crippen LogP contribution is 2.41. The van der Waals surface area contributed by atoms with E-state index >= 15 is 0 Å². The normalized spacial score (nSPS) is 23.4. The molecule has 0 spiro atoms. The number of methoxy groups -OCH3 is 1. The molecule has 244 valence electrons. The standard InChI is InChI=1S/C36H38N10O2/c1-48-29-15-25(36(47)45-20-24-6-7-27(45)32(24)38)13-26-33(29)46(19-22-9-12-43(17-22)31-8-11-39-30(16-37)42-31)35(41-26)28-14-23-3-2-10-40-34(23)44(28)18-21-4-5-21/h2-3,8,10-11,13-15,21-22,24,27,32H,4-7,9,12,17-20,38H2,1H3/t22-,24-,27-,32-/m1/s1. The van der Waals surface area contributed by atoms with Crippen molar-refractivity contribution in [3.8, 4) is 23.3 Å². The van der Waals surface area contributed by atoms with Gasteiger partial charge >= 0.3 is 0 Å². The predicted molar refractivity (Wildman–Crippen MR) is 180 cm³/mol. The van der Waals surface area contributed by atoms with Gasteiger partial charge in [0.05, 0.1) is 18.3 Å². The summed E-state index contributed by atoms with van der Waals surface area (Å²) in [5.41, 5.74) is 10.7. The number of carbonyl (C=O) groups excluding carboxylic acids is 1. The summed E-state index contributed by atoms with van der Waals surface area (Å²) in [5, 5.41) is 10.4. The number of amides is 1. The molecule has 5 aromatic rings. The van der Waals surface area contributed by atoms with Gasteiger partial charge in [-0.2, -0.15) is 5.26 Å². The fraction of sp³-hybridized carbons (Fsp3) is 0.444. The van der Waals surface area contributed by atoms with Gasteiger partial charge in [-0.05, 0) is 86.3 Å². The Morgan fingerprint density at radius 3 is 2.65 bits per heavy atom. The van der Waals surface area contributed by atoms with Crippen LogP contribution in [0.3, 0.4) is 0 Å². The summed E-state index contributed by atoms with van der Waals surface area (Å²) in [6.07, 6.45) is 8.94. The second-order valence-electron chi connectivity index (χ2n) is 14.0. The molecule has 12 heteroatoms. The monoisotopic (exact) mass is 642 g/mol. The van der Waals surface area contributed by atoms with Gasteiger partial charge in [0.2, 0.25) is 5.82 Å². The number of nitrogens with two attached hydrogens (primary N) is 1. The van der Waals surface area contributed by atoms with E-state index in [0.29, 0.717) is 36.2 Å². The number of nitrogens with zero attached hydrogens (tertiary/aromatic N) is 9. The fourth-order valence-electron chi connectivity index (χ4n) is 8.37. The van der Waals surface area contributed by atoms with E-state index in [-0.39, 0.29) is 29.7 Å². The van der Waals surface area contributed by atoms with Gasteiger partial charge in [0.1, 0.15) is 28.8 Å². The maximum atomic E-state index is 14.0. The first kappa shape index (κ1) is 29.1. The Morgan fingerprint density at radius 2 is 1.88 bits per heavy atom. The number of pyridine rings is 1. The maximum absolute atomic E-state index is 14.0. The number of nitriles is 1. The van der Waals surface area contributed by atoms with E-state index in [0.717, 1.165) is 78.3 Å². The van der Waals surface area contributed by atoms with Crippen molar-refractivity contribution in [2.24, 2.45) is 23.5 Å². The lowest BCUT2D eigenvalue weighted by Crippen LogP contribution is -2.41. The smallest absolute Gasteiger partial charge is 0.254 e. The molecule has 48 heavy (non-hydrogen) atoms. The zero-order chi connectivity index (χ0) is 32.5. The minimum absolute atomic E-state index is 0.00554. The molecule has 4 aliphatic rings. The molecule has 0 unspecified atom stereocenters. The minimum Gasteiger partial charge on any atom is -0.494 e. The van der Waals surface area contributed by atoms with Crippen molar-refractivity contribution in [3.05, 3.63) is 60.2 Å². The van der Waals surface area contributed by atoms with Gasteiger partial charge in [0, 0.05) is 68.2 Å². The molecular weight excluding hydrogens is 604 g/mol. The molecule has 2 saturated heterocycles. The summed E-state index contributed by atoms with van der Waals surface area (Å²) in [7, 11) is 1.67. The molecule has 2 N–H and O–H groups in total. The number of piperidine rings is 1. The summed E-state index contributed by atoms with van der Waals surface area (Å²) >= 11 is 0. The molecule has 4 fully saturated rings. The summed E-state index contributed by atoms with van der Waals surface area (Å²) in [4.78, 5) is 36.8. The number of hydrogen-bond donors (Lipinski definition) is 1. The van der Waals surface area contributed by atoms with Crippen LogP contribution in [0, 0.1) is 29.1 Å². The average Bonchev–Trinajstić information content (AvgIpc) is 3.43. The largest absolute Gasteiger partial charge is 0.494 e. The zero-order valence-electron chi connectivity index (χ0n) is 27.0. The van der Waals surface area contributed by atoms with Gasteiger partial charge in [-0.25, -0.2) is 19.9 Å². The van der Waals surface area contributed by atoms with E-state index < -0.39 is 0 Å². The van der Waals surface area contributed by atoms with Crippen LogP contribution in [0.1, 0.15) is 48.3 Å². The van der Waals surface area contributed by atoms with Gasteiger partial charge in [0.25, 0.3) is 5.91 Å². The van der Waals surface area contributed by atoms with Crippen molar-refractivity contribution in [2.75, 3.05) is 31.6 Å². The van der Waals surface area contributed by atoms with Crippen LogP contribution in [0.4, 0.5) is 5.82 Å². The molecule has 2 saturated carbocycles. The molecule has 4 atom stereocenters. The molecule has 6 heterocycles. The molecule has 2 aliphatic heterocycles. The predicted octanol–water partition coefficient (Wildman–Crippen LogP) is 4.22. The summed E-state index contributed by atoms with van der Waals surface area (Å²) < 4.78 is 10.7. The molecule has 1 amide bonds. The Bertz CT molecular complexity index is 2110. The highest BCUT2D eigenvalue weighted by atomic mass is 16.5. The number of hydrogen-bond acceptors (Lipinski definition) is 9. The molecule has 0 radical (unpaired) electrons. The molecule has 2 bridgehead atoms. The molecule has 12 nitrogen and oxygen atoms in total. The lowest BCUT2D eigenvalue weighted by molar-refractivity contribution is 0.0700. The Morgan fingerprint density at radius 1 is 1.00 bits per heavy atom. The summed E-state index contributed by atoms with van der Waals surface area (Å²) in [6.45, 7) is 3.91. The summed E-state index contributed by atoms with van der Waals surface area (Å²) in [5.74, 6) is 3.72. The highest BCUT2D eigenvalue weighted by Gasteiger charge is 2.47. The Labute approximate surface area is 278 Å². The van der Waals surface area contributed by atoms with Gasteiger partial charge in [-0.3, -0.25) is 4.79 Å². The summed E-state index contributed by atoms with van der Waals surface area (Å²) in [6, 6.07) is 14.2. The van der Waals surface area contributed by atoms with Crippen LogP contribution in [-0.2, 0) is 13.1 Å². The van der Waals surface area contributed by atoms with Gasteiger partial charge < -0.3 is 29.4 Å². The zero-order valence-corrected chi connectivity index (χ0v) is 27.0. The number of carbonyl (C=O) groups is 1. The number of aromatic nitrogens is 6. The van der Waals surface area contributed by atoms with E-state index in [4.69, 9.17) is 20.4 Å². The van der Waals surface area contributed by atoms with Gasteiger partial charge in [-0.1, -0.05) is 0 Å². The number of benzene rings is 1. The second kappa shape index (κ2) is 11.3. The maximum Gasteiger partial charge on any atom is 0.254 e. The van der Waals surface area contributed by atoms with Crippen molar-refractivity contribution < 1.29 is 9.53 Å². The topological polar surface area (TPSA) is 144 Å². The number of anilines is 1. The molecular formula is C36H38N10O2. The van der Waals surface area contributed by atoms with E-state index in [2.05, 4.69) is 42.2 Å². The van der Waals surface area contributed by atoms with Gasteiger partial charge in [-0.15, -0.1) is 0 Å². The number of likely N-dealkylation sites (tertiary alicyclic amines) is 1. The molecule has 9 rings (SSSR count). The Hall–Kier alpha value is -5.02. The second-order valence-corrected chi connectivity index (χ2v) is 14.0. The van der Waals surface area contributed by atoms with E-state index in [1.807, 2.05) is 35.4 Å². The number of fused-ring (bicyclic) bond motifs is 4. The number of rotatable bonds is 8. The van der Waals surface area contributed by atoms with Crippen molar-refractivity contribution >= 4 is 33.8 Å². The van der Waals surface area contributed by atoms with Crippen LogP contribution in [0.5, 0.6) is 5.75 Å². The van der Waals surface area contributed by atoms with Crippen LogP contribution < -0.4 is 15.4 Å². The molecule has 4 aromatic heterocycles. The van der Waals surface area contributed by atoms with Crippen molar-refractivity contribution in [1.82, 2.24) is 34.0 Å². The molecule has 2 aliphatic carbocycles. The number of ether oxygens (including phenoxy) is 1. The third kappa shape index (κ3) is 4.79. The average molecular weight is 643 g/mol. The lowest BCUT2D eigenvalue weighted by Gasteiger charge is -2.27. The van der Waals surface area contributed by atoms with Crippen molar-refractivity contribution in [1.29, 1.82) is 5.26 Å². The third-order valence-corrected chi connectivity index (χ3v) is 11.0. The first-order valence-corrected chi connectivity index (χ1v) is 17.1. The number of imidazole rings is 1. The molecule has 1 aromatic carbocycles. The first-order valence-electron chi connectivity index (χ1n) is 17.1. The van der Waals surface area contributed by atoms with Crippen LogP contribution >= 0.6 is 0 Å². The van der Waals surface area contributed by atoms with Crippen LogP contribution in [-0.4, -0.2) is 78.7 Å². The van der Waals surface area contributed by atoms with E-state index in [9.17, 15) is 10.1 Å². The highest BCUT2D eigenvalue weighted by molar-refractivity contribution is 6.00. The minimum atomic E-state index is -0.00554. The van der Waals surface area contributed by atoms with Crippen molar-refractivity contribution in [3.63, 3.8) is 0 Å². The van der Waals surface area contributed by atoms with Crippen LogP contribution in [0.25, 0.3) is 33.6 Å². The Balaban J connectivity index is 1.15. The van der Waals surface area contributed by atoms with E-state index in [1.54, 1.807) is 13.3 Å². The van der Waals surface area contributed by atoms with Gasteiger partial charge in [0.15, 0.2) is 5.82 Å². The Kier molecular flexibility index (Phi) is 6.86.